The van der Waals surface area contributed by atoms with E-state index in [0.717, 1.165) is 0 Å². The van der Waals surface area contributed by atoms with Gasteiger partial charge in [0, 0.05) is 18.0 Å². The molecular weight excluding hydrogens is 172 g/mol. The van der Waals surface area contributed by atoms with Crippen LogP contribution in [-0.4, -0.2) is 28.0 Å². The fourth-order valence-corrected chi connectivity index (χ4v) is 0.767. The summed E-state index contributed by atoms with van der Waals surface area (Å²) in [6, 6.07) is 3.02. The van der Waals surface area contributed by atoms with Crippen LogP contribution in [0, 0.1) is 0 Å². The van der Waals surface area contributed by atoms with Crippen molar-refractivity contribution in [2.24, 2.45) is 5.16 Å². The van der Waals surface area contributed by atoms with E-state index in [9.17, 15) is 9.59 Å². The van der Waals surface area contributed by atoms with Crippen LogP contribution in [0.1, 0.15) is 10.4 Å². The van der Waals surface area contributed by atoms with Gasteiger partial charge in [0.15, 0.2) is 12.0 Å². The molecule has 0 bridgehead atoms. The van der Waals surface area contributed by atoms with Crippen LogP contribution < -0.4 is 0 Å². The third-order valence-electron chi connectivity index (χ3n) is 1.38. The van der Waals surface area contributed by atoms with E-state index in [1.54, 1.807) is 6.07 Å². The molecule has 1 aromatic rings. The van der Waals surface area contributed by atoms with E-state index in [0.29, 0.717) is 0 Å². The third-order valence-corrected chi connectivity index (χ3v) is 1.38. The molecule has 0 amide bonds. The summed E-state index contributed by atoms with van der Waals surface area (Å²) in [7, 11) is 0. The van der Waals surface area contributed by atoms with Gasteiger partial charge in [-0.25, -0.2) is 0 Å². The summed E-state index contributed by atoms with van der Waals surface area (Å²) in [6.07, 6.45) is 2.97. The van der Waals surface area contributed by atoms with Crippen molar-refractivity contribution in [1.82, 2.24) is 4.98 Å². The highest BCUT2D eigenvalue weighted by molar-refractivity contribution is 6.63. The lowest BCUT2D eigenvalue weighted by Crippen LogP contribution is -2.15. The molecule has 0 saturated heterocycles. The highest BCUT2D eigenvalue weighted by atomic mass is 16.4. The minimum Gasteiger partial charge on any atom is -0.410 e. The average molecular weight is 178 g/mol. The van der Waals surface area contributed by atoms with Crippen molar-refractivity contribution in [3.63, 3.8) is 0 Å². The van der Waals surface area contributed by atoms with E-state index in [2.05, 4.69) is 10.1 Å². The van der Waals surface area contributed by atoms with Gasteiger partial charge in [0.25, 0.3) is 0 Å². The molecule has 1 aromatic heterocycles. The van der Waals surface area contributed by atoms with Crippen LogP contribution in [0.25, 0.3) is 0 Å². The highest BCUT2D eigenvalue weighted by Gasteiger charge is 2.13. The summed E-state index contributed by atoms with van der Waals surface area (Å²) < 4.78 is 0. The summed E-state index contributed by atoms with van der Waals surface area (Å²) in [6.45, 7) is 0. The number of hydrogen-bond donors (Lipinski definition) is 1. The summed E-state index contributed by atoms with van der Waals surface area (Å²) in [4.78, 5) is 25.1. The Morgan fingerprint density at radius 2 is 2.38 bits per heavy atom. The van der Waals surface area contributed by atoms with Crippen molar-refractivity contribution < 1.29 is 14.8 Å². The van der Waals surface area contributed by atoms with Crippen LogP contribution in [0.5, 0.6) is 0 Å². The van der Waals surface area contributed by atoms with Crippen molar-refractivity contribution in [2.75, 3.05) is 0 Å². The first-order chi connectivity index (χ1) is 6.29. The Labute approximate surface area is 73.7 Å². The molecule has 1 N–H and O–H groups in total. The second kappa shape index (κ2) is 4.10. The van der Waals surface area contributed by atoms with E-state index in [-0.39, 0.29) is 11.8 Å². The van der Waals surface area contributed by atoms with Crippen molar-refractivity contribution >= 4 is 17.8 Å². The Morgan fingerprint density at radius 1 is 1.62 bits per heavy atom. The molecule has 1 heterocycles. The number of carbonyl (C=O) groups is 2. The summed E-state index contributed by atoms with van der Waals surface area (Å²) >= 11 is 0. The zero-order valence-corrected chi connectivity index (χ0v) is 6.54. The zero-order valence-electron chi connectivity index (χ0n) is 6.54. The number of pyridine rings is 1. The number of Topliss-reactive ketones (excluding diaryl/α,β-unsaturated/α-hetero) is 1. The number of hydrogen-bond acceptors (Lipinski definition) is 5. The van der Waals surface area contributed by atoms with Crippen molar-refractivity contribution in [1.29, 1.82) is 0 Å². The third kappa shape index (κ3) is 1.96. The minimum absolute atomic E-state index is 0.190. The van der Waals surface area contributed by atoms with Gasteiger partial charge in [-0.1, -0.05) is 5.16 Å². The Balaban J connectivity index is 2.98. The second-order valence-corrected chi connectivity index (χ2v) is 2.17. The smallest absolute Gasteiger partial charge is 0.219 e. The van der Waals surface area contributed by atoms with Crippen LogP contribution in [-0.2, 0) is 4.79 Å². The first-order valence-corrected chi connectivity index (χ1v) is 3.41. The molecular formula is C8H6N2O3. The van der Waals surface area contributed by atoms with E-state index in [1.807, 2.05) is 0 Å². The number of carbonyl (C=O) groups excluding carboxylic acids is 2. The first-order valence-electron chi connectivity index (χ1n) is 3.41. The van der Waals surface area contributed by atoms with Crippen LogP contribution >= 0.6 is 0 Å². The van der Waals surface area contributed by atoms with Crippen LogP contribution in [0.3, 0.4) is 0 Å². The van der Waals surface area contributed by atoms with Crippen LogP contribution in [0.2, 0.25) is 0 Å². The second-order valence-electron chi connectivity index (χ2n) is 2.17. The molecule has 5 nitrogen and oxygen atoms in total. The molecule has 0 radical (unpaired) electrons. The van der Waals surface area contributed by atoms with Crippen LogP contribution in [0.15, 0.2) is 29.7 Å². The highest BCUT2D eigenvalue weighted by Crippen LogP contribution is 1.98. The molecule has 0 atom stereocenters. The first kappa shape index (κ1) is 9.05. The fourth-order valence-electron chi connectivity index (χ4n) is 0.767. The van der Waals surface area contributed by atoms with Crippen molar-refractivity contribution in [3.05, 3.63) is 30.1 Å². The molecule has 0 aliphatic carbocycles. The predicted molar refractivity (Wildman–Crippen MR) is 43.9 cm³/mol. The molecule has 0 fully saturated rings. The number of oxime groups is 1. The predicted octanol–water partition coefficient (Wildman–Crippen LogP) is 0.293. The number of rotatable bonds is 3. The quantitative estimate of drug-likeness (QED) is 0.180. The molecule has 0 aliphatic heterocycles. The lowest BCUT2D eigenvalue weighted by molar-refractivity contribution is -0.102. The Kier molecular flexibility index (Phi) is 2.86. The van der Waals surface area contributed by atoms with Gasteiger partial charge in [-0.2, -0.15) is 0 Å². The zero-order chi connectivity index (χ0) is 9.68. The maximum atomic E-state index is 11.2. The molecule has 0 aliphatic rings. The summed E-state index contributed by atoms with van der Waals surface area (Å²) in [5.74, 6) is -0.648. The lowest BCUT2D eigenvalue weighted by Gasteiger charge is -1.94. The Morgan fingerprint density at radius 3 is 2.85 bits per heavy atom. The SMILES string of the molecule is O=CC(=NO)C(=O)c1cccnc1. The topological polar surface area (TPSA) is 79.6 Å². The molecule has 0 aromatic carbocycles. The maximum absolute atomic E-state index is 11.2. The molecule has 1 rings (SSSR count). The average Bonchev–Trinajstić information content (AvgIpc) is 2.21. The molecule has 5 heteroatoms. The molecule has 0 unspecified atom stereocenters. The van der Waals surface area contributed by atoms with Crippen molar-refractivity contribution in [2.45, 2.75) is 0 Å². The Bertz CT molecular complexity index is 346. The van der Waals surface area contributed by atoms with Gasteiger partial charge in [-0.05, 0) is 12.1 Å². The summed E-state index contributed by atoms with van der Waals surface area (Å²) in [5, 5.41) is 10.8. The summed E-state index contributed by atoms with van der Waals surface area (Å²) in [5.41, 5.74) is -0.324. The van der Waals surface area contributed by atoms with Gasteiger partial charge in [-0.3, -0.25) is 14.6 Å². The van der Waals surface area contributed by atoms with E-state index in [1.165, 1.54) is 18.5 Å². The van der Waals surface area contributed by atoms with E-state index < -0.39 is 11.5 Å². The van der Waals surface area contributed by atoms with Gasteiger partial charge in [0.2, 0.25) is 5.78 Å². The van der Waals surface area contributed by atoms with Gasteiger partial charge >= 0.3 is 0 Å². The van der Waals surface area contributed by atoms with Gasteiger partial charge < -0.3 is 5.21 Å². The molecule has 0 saturated carbocycles. The number of aldehydes is 1. The standard InChI is InChI=1S/C8H6N2O3/c11-5-7(10-13)8(12)6-2-1-3-9-4-6/h1-5,13H. The van der Waals surface area contributed by atoms with Crippen molar-refractivity contribution in [3.8, 4) is 0 Å². The lowest BCUT2D eigenvalue weighted by atomic mass is 10.1. The largest absolute Gasteiger partial charge is 0.410 e. The van der Waals surface area contributed by atoms with Gasteiger partial charge in [0.1, 0.15) is 0 Å². The Hall–Kier alpha value is -2.04. The number of ketones is 1. The number of nitrogens with zero attached hydrogens (tertiary/aromatic N) is 2. The van der Waals surface area contributed by atoms with E-state index >= 15 is 0 Å². The normalized spacial score (nSPS) is 10.9. The monoisotopic (exact) mass is 178 g/mol. The fraction of sp³-hybridized carbons (Fsp3) is 0. The minimum atomic E-state index is -0.648. The van der Waals surface area contributed by atoms with E-state index in [4.69, 9.17) is 5.21 Å². The van der Waals surface area contributed by atoms with Crippen LogP contribution in [0.4, 0.5) is 0 Å². The van der Waals surface area contributed by atoms with Gasteiger partial charge in [-0.15, -0.1) is 0 Å². The molecule has 66 valence electrons. The number of aromatic nitrogens is 1. The maximum Gasteiger partial charge on any atom is 0.219 e. The molecule has 0 spiro atoms. The molecule has 13 heavy (non-hydrogen) atoms. The van der Waals surface area contributed by atoms with Gasteiger partial charge in [0.05, 0.1) is 0 Å².